The molecule has 2 aliphatic rings. The van der Waals surface area contributed by atoms with Gasteiger partial charge in [-0.3, -0.25) is 4.98 Å². The van der Waals surface area contributed by atoms with Crippen LogP contribution in [0.1, 0.15) is 12.8 Å². The first-order valence-corrected chi connectivity index (χ1v) is 9.07. The van der Waals surface area contributed by atoms with Gasteiger partial charge in [-0.25, -0.2) is 8.42 Å². The fraction of sp³-hybridized carbons (Fsp3) is 0.667. The minimum Gasteiger partial charge on any atom is -0.372 e. The van der Waals surface area contributed by atoms with E-state index in [2.05, 4.69) is 24.0 Å². The van der Waals surface area contributed by atoms with E-state index >= 15 is 0 Å². The zero-order valence-electron chi connectivity index (χ0n) is 13.1. The molecule has 0 aliphatic carbocycles. The van der Waals surface area contributed by atoms with Crippen molar-refractivity contribution < 1.29 is 13.2 Å². The van der Waals surface area contributed by atoms with Crippen molar-refractivity contribution in [1.82, 2.24) is 14.2 Å². The summed E-state index contributed by atoms with van der Waals surface area (Å²) in [6, 6.07) is 3.24. The van der Waals surface area contributed by atoms with E-state index in [-0.39, 0.29) is 10.5 Å². The normalized spacial score (nSPS) is 24.8. The summed E-state index contributed by atoms with van der Waals surface area (Å²) in [6.07, 6.45) is 5.05. The van der Waals surface area contributed by atoms with Crippen molar-refractivity contribution >= 4 is 10.0 Å². The van der Waals surface area contributed by atoms with Gasteiger partial charge < -0.3 is 9.64 Å². The maximum atomic E-state index is 12.5. The van der Waals surface area contributed by atoms with Gasteiger partial charge in [0.1, 0.15) is 4.90 Å². The van der Waals surface area contributed by atoms with Crippen LogP contribution < -0.4 is 0 Å². The van der Waals surface area contributed by atoms with Crippen LogP contribution in [0.15, 0.2) is 29.4 Å². The Morgan fingerprint density at radius 1 is 1.45 bits per heavy atom. The molecule has 7 heteroatoms. The highest BCUT2D eigenvalue weighted by Gasteiger charge is 2.56. The Balaban J connectivity index is 1.68. The lowest BCUT2D eigenvalue weighted by Gasteiger charge is -2.49. The molecule has 0 N–H and O–H groups in total. The molecule has 0 aromatic carbocycles. The summed E-state index contributed by atoms with van der Waals surface area (Å²) in [5.74, 6) is 0.440. The lowest BCUT2D eigenvalue weighted by molar-refractivity contribution is -0.103. The zero-order valence-corrected chi connectivity index (χ0v) is 13.9. The highest BCUT2D eigenvalue weighted by atomic mass is 32.2. The molecule has 22 heavy (non-hydrogen) atoms. The van der Waals surface area contributed by atoms with Gasteiger partial charge in [0.15, 0.2) is 0 Å². The lowest BCUT2D eigenvalue weighted by Crippen LogP contribution is -2.66. The van der Waals surface area contributed by atoms with E-state index in [0.717, 1.165) is 26.0 Å². The molecule has 1 spiro atoms. The fourth-order valence-electron chi connectivity index (χ4n) is 3.33. The molecule has 6 nitrogen and oxygen atoms in total. The monoisotopic (exact) mass is 325 g/mol. The molecule has 2 saturated heterocycles. The van der Waals surface area contributed by atoms with Crippen LogP contribution in [0.2, 0.25) is 0 Å². The van der Waals surface area contributed by atoms with Crippen LogP contribution in [0.4, 0.5) is 0 Å². The molecule has 2 aliphatic heterocycles. The number of aromatic nitrogens is 1. The Hall–Kier alpha value is -1.02. The van der Waals surface area contributed by atoms with Crippen LogP contribution in [0, 0.1) is 5.92 Å². The number of ether oxygens (including phenoxy) is 1. The van der Waals surface area contributed by atoms with E-state index in [1.54, 1.807) is 18.3 Å². The number of hydrogen-bond acceptors (Lipinski definition) is 5. The number of pyridine rings is 1. The van der Waals surface area contributed by atoms with Crippen molar-refractivity contribution in [2.45, 2.75) is 23.3 Å². The lowest BCUT2D eigenvalue weighted by atomic mass is 9.80. The molecule has 0 radical (unpaired) electrons. The molecule has 2 fully saturated rings. The summed E-state index contributed by atoms with van der Waals surface area (Å²) in [5, 5.41) is 0. The SMILES string of the molecule is CN(C)CCC1CCOC12CN(S(=O)(=O)c1cccnc1)C2. The smallest absolute Gasteiger partial charge is 0.244 e. The molecule has 0 saturated carbocycles. The molecule has 0 bridgehead atoms. The second kappa shape index (κ2) is 5.88. The molecule has 1 aromatic heterocycles. The molecule has 0 amide bonds. The Bertz CT molecular complexity index is 612. The van der Waals surface area contributed by atoms with Crippen LogP contribution in [0.25, 0.3) is 0 Å². The van der Waals surface area contributed by atoms with Crippen molar-refractivity contribution in [3.05, 3.63) is 24.5 Å². The average Bonchev–Trinajstić information content (AvgIpc) is 2.88. The first kappa shape index (κ1) is 15.9. The van der Waals surface area contributed by atoms with Crippen molar-refractivity contribution in [3.63, 3.8) is 0 Å². The number of rotatable bonds is 5. The van der Waals surface area contributed by atoms with Crippen molar-refractivity contribution in [2.24, 2.45) is 5.92 Å². The van der Waals surface area contributed by atoms with E-state index in [9.17, 15) is 8.42 Å². The van der Waals surface area contributed by atoms with Gasteiger partial charge in [0, 0.05) is 32.1 Å². The molecule has 3 heterocycles. The van der Waals surface area contributed by atoms with Gasteiger partial charge in [-0.15, -0.1) is 0 Å². The molecule has 122 valence electrons. The predicted octanol–water partition coefficient (Wildman–Crippen LogP) is 0.813. The first-order chi connectivity index (χ1) is 10.4. The summed E-state index contributed by atoms with van der Waals surface area (Å²) >= 11 is 0. The first-order valence-electron chi connectivity index (χ1n) is 7.63. The van der Waals surface area contributed by atoms with E-state index in [4.69, 9.17) is 4.74 Å². The molecule has 1 atom stereocenters. The second-order valence-corrected chi connectivity index (χ2v) is 8.39. The van der Waals surface area contributed by atoms with E-state index in [1.807, 2.05) is 0 Å². The minimum atomic E-state index is -3.44. The third-order valence-corrected chi connectivity index (χ3v) is 6.46. The highest BCUT2D eigenvalue weighted by Crippen LogP contribution is 2.43. The average molecular weight is 325 g/mol. The van der Waals surface area contributed by atoms with Gasteiger partial charge in [-0.2, -0.15) is 4.31 Å². The van der Waals surface area contributed by atoms with Crippen molar-refractivity contribution in [1.29, 1.82) is 0 Å². The second-order valence-electron chi connectivity index (χ2n) is 6.45. The van der Waals surface area contributed by atoms with Crippen LogP contribution in [-0.4, -0.2) is 68.5 Å². The summed E-state index contributed by atoms with van der Waals surface area (Å²) in [6.45, 7) is 2.66. The van der Waals surface area contributed by atoms with Crippen LogP contribution >= 0.6 is 0 Å². The van der Waals surface area contributed by atoms with E-state index in [1.165, 1.54) is 10.5 Å². The van der Waals surface area contributed by atoms with Crippen LogP contribution in [-0.2, 0) is 14.8 Å². The van der Waals surface area contributed by atoms with Gasteiger partial charge in [0.05, 0.1) is 5.60 Å². The van der Waals surface area contributed by atoms with Crippen LogP contribution in [0.5, 0.6) is 0 Å². The van der Waals surface area contributed by atoms with Gasteiger partial charge in [0.2, 0.25) is 10.0 Å². The summed E-state index contributed by atoms with van der Waals surface area (Å²) in [4.78, 5) is 6.32. The summed E-state index contributed by atoms with van der Waals surface area (Å²) in [7, 11) is 0.676. The zero-order chi connectivity index (χ0) is 15.8. The van der Waals surface area contributed by atoms with Crippen LogP contribution in [0.3, 0.4) is 0 Å². The van der Waals surface area contributed by atoms with Gasteiger partial charge >= 0.3 is 0 Å². The van der Waals surface area contributed by atoms with E-state index < -0.39 is 10.0 Å². The quantitative estimate of drug-likeness (QED) is 0.802. The maximum Gasteiger partial charge on any atom is 0.244 e. The molecular formula is C15H23N3O3S. The molecule has 3 rings (SSSR count). The molecular weight excluding hydrogens is 302 g/mol. The largest absolute Gasteiger partial charge is 0.372 e. The van der Waals surface area contributed by atoms with Crippen molar-refractivity contribution in [2.75, 3.05) is 40.3 Å². The minimum absolute atomic E-state index is 0.257. The summed E-state index contributed by atoms with van der Waals surface area (Å²) in [5.41, 5.74) is -0.273. The fourth-order valence-corrected chi connectivity index (χ4v) is 4.85. The van der Waals surface area contributed by atoms with Gasteiger partial charge in [-0.05, 0) is 51.5 Å². The number of sulfonamides is 1. The Morgan fingerprint density at radius 3 is 2.86 bits per heavy atom. The van der Waals surface area contributed by atoms with Gasteiger partial charge in [0.25, 0.3) is 0 Å². The third kappa shape index (κ3) is 2.78. The standard InChI is InChI=1S/C15H23N3O3S/c1-17(2)8-5-13-6-9-21-15(13)11-18(12-15)22(19,20)14-4-3-7-16-10-14/h3-4,7,10,13H,5-6,8-9,11-12H2,1-2H3. The Labute approximate surface area is 132 Å². The van der Waals surface area contributed by atoms with Gasteiger partial charge in [-0.1, -0.05) is 0 Å². The summed E-state index contributed by atoms with van der Waals surface area (Å²) < 4.78 is 32.6. The molecule has 1 aromatic rings. The van der Waals surface area contributed by atoms with Crippen molar-refractivity contribution in [3.8, 4) is 0 Å². The molecule has 1 unspecified atom stereocenters. The van der Waals surface area contributed by atoms with E-state index in [0.29, 0.717) is 19.0 Å². The number of nitrogens with zero attached hydrogens (tertiary/aromatic N) is 3. The highest BCUT2D eigenvalue weighted by molar-refractivity contribution is 7.89. The maximum absolute atomic E-state index is 12.5. The Morgan fingerprint density at radius 2 is 2.23 bits per heavy atom. The number of hydrogen-bond donors (Lipinski definition) is 0. The predicted molar refractivity (Wildman–Crippen MR) is 83.0 cm³/mol. The Kier molecular flexibility index (Phi) is 4.24. The topological polar surface area (TPSA) is 62.7 Å². The third-order valence-electron chi connectivity index (χ3n) is 4.68.